The Morgan fingerprint density at radius 2 is 1.83 bits per heavy atom. The van der Waals surface area contributed by atoms with Crippen molar-refractivity contribution in [2.24, 2.45) is 0 Å². The van der Waals surface area contributed by atoms with Gasteiger partial charge in [-0.3, -0.25) is 0 Å². The predicted octanol–water partition coefficient (Wildman–Crippen LogP) is 4.56. The molecule has 0 amide bonds. The minimum absolute atomic E-state index is 0.106. The third kappa shape index (κ3) is 5.34. The zero-order valence-electron chi connectivity index (χ0n) is 15.6. The molecule has 5 nitrogen and oxygen atoms in total. The molecule has 1 N–H and O–H groups in total. The van der Waals surface area contributed by atoms with Gasteiger partial charge in [-0.15, -0.1) is 0 Å². The van der Waals surface area contributed by atoms with Crippen LogP contribution in [0.1, 0.15) is 21.5 Å². The highest BCUT2D eigenvalue weighted by atomic mass is 35.5. The van der Waals surface area contributed by atoms with Crippen LogP contribution in [-0.4, -0.2) is 13.1 Å². The average molecular weight is 431 g/mol. The Balaban J connectivity index is 1.78. The van der Waals surface area contributed by atoms with Gasteiger partial charge in [0.05, 0.1) is 13.1 Å². The second kappa shape index (κ2) is 9.54. The second-order valence-electron chi connectivity index (χ2n) is 6.19. The number of carbonyl (C=O) groups excluding carboxylic acids is 1. The summed E-state index contributed by atoms with van der Waals surface area (Å²) in [5.41, 5.74) is 2.39. The number of rotatable bonds is 8. The van der Waals surface area contributed by atoms with Gasteiger partial charge < -0.3 is 24.7 Å². The van der Waals surface area contributed by atoms with E-state index in [2.05, 4.69) is 5.32 Å². The van der Waals surface area contributed by atoms with E-state index < -0.39 is 5.97 Å². The van der Waals surface area contributed by atoms with E-state index in [4.69, 9.17) is 32.7 Å². The number of para-hydroxylation sites is 1. The Hall–Kier alpha value is -2.89. The molecule has 0 aromatic heterocycles. The van der Waals surface area contributed by atoms with Crippen LogP contribution >= 0.6 is 23.2 Å². The monoisotopic (exact) mass is 430 g/mol. The molecule has 3 aromatic rings. The molecule has 0 atom stereocenters. The Morgan fingerprint density at radius 1 is 1.03 bits per heavy atom. The van der Waals surface area contributed by atoms with Crippen molar-refractivity contribution < 1.29 is 19.4 Å². The third-order valence-electron chi connectivity index (χ3n) is 4.25. The van der Waals surface area contributed by atoms with Crippen LogP contribution in [0.4, 0.5) is 5.69 Å². The molecular weight excluding hydrogens is 413 g/mol. The summed E-state index contributed by atoms with van der Waals surface area (Å²) in [6.45, 7) is 0.640. The van der Waals surface area contributed by atoms with E-state index in [1.165, 1.54) is 12.1 Å². The number of benzene rings is 3. The molecule has 3 rings (SSSR count). The minimum Gasteiger partial charge on any atom is -0.545 e. The van der Waals surface area contributed by atoms with Crippen molar-refractivity contribution in [3.8, 4) is 11.5 Å². The van der Waals surface area contributed by atoms with E-state index >= 15 is 0 Å². The van der Waals surface area contributed by atoms with E-state index in [1.807, 2.05) is 18.2 Å². The molecule has 0 fully saturated rings. The number of anilines is 1. The van der Waals surface area contributed by atoms with E-state index in [9.17, 15) is 9.90 Å². The lowest BCUT2D eigenvalue weighted by Crippen LogP contribution is -2.22. The number of carbonyl (C=O) groups is 1. The van der Waals surface area contributed by atoms with Crippen LogP contribution < -0.4 is 19.9 Å². The molecule has 7 heteroatoms. The summed E-state index contributed by atoms with van der Waals surface area (Å²) >= 11 is 12.2. The fraction of sp³-hybridized carbons (Fsp3) is 0.136. The summed E-state index contributed by atoms with van der Waals surface area (Å²) in [5.74, 6) is -0.0682. The van der Waals surface area contributed by atoms with Gasteiger partial charge in [0.1, 0.15) is 6.61 Å². The first-order valence-corrected chi connectivity index (χ1v) is 9.51. The zero-order valence-corrected chi connectivity index (χ0v) is 17.1. The molecule has 0 aliphatic heterocycles. The van der Waals surface area contributed by atoms with Crippen LogP contribution in [0.5, 0.6) is 11.5 Å². The summed E-state index contributed by atoms with van der Waals surface area (Å²) in [4.78, 5) is 11.0. The molecule has 0 radical (unpaired) electrons. The number of hydrogen-bond donors (Lipinski definition) is 1. The Bertz CT molecular complexity index is 1020. The molecule has 0 saturated heterocycles. The molecule has 0 saturated carbocycles. The van der Waals surface area contributed by atoms with Crippen LogP contribution in [0.2, 0.25) is 10.0 Å². The summed E-state index contributed by atoms with van der Waals surface area (Å²) in [5, 5.41) is 15.3. The molecule has 0 bridgehead atoms. The number of methoxy groups -OCH3 is 1. The van der Waals surface area contributed by atoms with Crippen molar-refractivity contribution in [1.82, 2.24) is 0 Å². The first kappa shape index (κ1) is 20.8. The van der Waals surface area contributed by atoms with Gasteiger partial charge in [0, 0.05) is 33.4 Å². The fourth-order valence-electron chi connectivity index (χ4n) is 2.77. The van der Waals surface area contributed by atoms with Crippen LogP contribution in [-0.2, 0) is 13.2 Å². The topological polar surface area (TPSA) is 70.6 Å². The average Bonchev–Trinajstić information content (AvgIpc) is 2.72. The van der Waals surface area contributed by atoms with Gasteiger partial charge in [0.2, 0.25) is 0 Å². The first-order chi connectivity index (χ1) is 14.0. The van der Waals surface area contributed by atoms with Crippen LogP contribution in [0.25, 0.3) is 0 Å². The maximum Gasteiger partial charge on any atom is 0.166 e. The fourth-order valence-corrected chi connectivity index (χ4v) is 3.23. The smallest absolute Gasteiger partial charge is 0.166 e. The largest absolute Gasteiger partial charge is 0.545 e. The number of halogens is 2. The number of carboxylic acid groups (broad SMARTS) is 1. The van der Waals surface area contributed by atoms with E-state index in [-0.39, 0.29) is 12.2 Å². The maximum absolute atomic E-state index is 11.0. The van der Waals surface area contributed by atoms with Crippen molar-refractivity contribution in [2.75, 3.05) is 12.4 Å². The summed E-state index contributed by atoms with van der Waals surface area (Å²) in [7, 11) is 1.57. The van der Waals surface area contributed by atoms with Gasteiger partial charge in [-0.25, -0.2) is 0 Å². The Labute approximate surface area is 178 Å². The Morgan fingerprint density at radius 3 is 2.55 bits per heavy atom. The number of carboxylic acids is 1. The quantitative estimate of drug-likeness (QED) is 0.567. The third-order valence-corrected chi connectivity index (χ3v) is 4.84. The molecule has 3 aromatic carbocycles. The second-order valence-corrected chi connectivity index (χ2v) is 7.04. The maximum atomic E-state index is 11.0. The van der Waals surface area contributed by atoms with E-state index in [1.54, 1.807) is 37.4 Å². The van der Waals surface area contributed by atoms with Crippen LogP contribution in [0, 0.1) is 0 Å². The number of aromatic carboxylic acids is 1. The number of ether oxygens (including phenoxy) is 2. The standard InChI is InChI=1S/C22H19Cl2NO4/c1-28-20-7-3-5-15(12-25-18-6-2-4-14(10-18)22(26)27)21(20)29-13-16-8-9-17(23)11-19(16)24/h2-11,25H,12-13H2,1H3,(H,26,27)/p-1. The highest BCUT2D eigenvalue weighted by molar-refractivity contribution is 6.35. The van der Waals surface area contributed by atoms with Crippen molar-refractivity contribution in [3.63, 3.8) is 0 Å². The number of nitrogens with one attached hydrogen (secondary N) is 1. The lowest BCUT2D eigenvalue weighted by molar-refractivity contribution is -0.255. The highest BCUT2D eigenvalue weighted by Gasteiger charge is 2.12. The molecular formula is C22H18Cl2NO4-. The Kier molecular flexibility index (Phi) is 6.86. The molecule has 0 spiro atoms. The summed E-state index contributed by atoms with van der Waals surface area (Å²) in [6.07, 6.45) is 0. The van der Waals surface area contributed by atoms with Gasteiger partial charge in [0.15, 0.2) is 11.5 Å². The van der Waals surface area contributed by atoms with Gasteiger partial charge in [-0.2, -0.15) is 0 Å². The molecule has 29 heavy (non-hydrogen) atoms. The molecule has 0 aliphatic carbocycles. The number of hydrogen-bond acceptors (Lipinski definition) is 5. The first-order valence-electron chi connectivity index (χ1n) is 8.76. The molecule has 0 aliphatic rings. The SMILES string of the molecule is COc1cccc(CNc2cccc(C(=O)[O-])c2)c1OCc1ccc(Cl)cc1Cl. The van der Waals surface area contributed by atoms with Gasteiger partial charge in [-0.1, -0.05) is 53.5 Å². The van der Waals surface area contributed by atoms with Crippen LogP contribution in [0.15, 0.2) is 60.7 Å². The van der Waals surface area contributed by atoms with Crippen LogP contribution in [0.3, 0.4) is 0 Å². The van der Waals surface area contributed by atoms with Crippen molar-refractivity contribution in [1.29, 1.82) is 0 Å². The molecule has 0 unspecified atom stereocenters. The van der Waals surface area contributed by atoms with Gasteiger partial charge in [-0.05, 0) is 35.9 Å². The summed E-state index contributed by atoms with van der Waals surface area (Å²) < 4.78 is 11.5. The van der Waals surface area contributed by atoms with Crippen molar-refractivity contribution in [3.05, 3.63) is 87.4 Å². The predicted molar refractivity (Wildman–Crippen MR) is 112 cm³/mol. The van der Waals surface area contributed by atoms with E-state index in [0.29, 0.717) is 33.8 Å². The lowest BCUT2D eigenvalue weighted by atomic mass is 10.1. The van der Waals surface area contributed by atoms with Crippen molar-refractivity contribution in [2.45, 2.75) is 13.2 Å². The summed E-state index contributed by atoms with van der Waals surface area (Å²) in [6, 6.07) is 17.2. The van der Waals surface area contributed by atoms with E-state index in [0.717, 1.165) is 11.1 Å². The van der Waals surface area contributed by atoms with Crippen molar-refractivity contribution >= 4 is 34.9 Å². The zero-order chi connectivity index (χ0) is 20.8. The molecule has 150 valence electrons. The van der Waals surface area contributed by atoms with Gasteiger partial charge >= 0.3 is 0 Å². The minimum atomic E-state index is -1.22. The highest BCUT2D eigenvalue weighted by Crippen LogP contribution is 2.33. The van der Waals surface area contributed by atoms with Gasteiger partial charge in [0.25, 0.3) is 0 Å². The molecule has 0 heterocycles. The normalized spacial score (nSPS) is 10.4. The lowest BCUT2D eigenvalue weighted by Gasteiger charge is -2.17.